The summed E-state index contributed by atoms with van der Waals surface area (Å²) in [6.07, 6.45) is 2.19. The summed E-state index contributed by atoms with van der Waals surface area (Å²) < 4.78 is 5.07. The Balaban J connectivity index is 4.74. The highest BCUT2D eigenvalue weighted by Crippen LogP contribution is 2.14. The van der Waals surface area contributed by atoms with E-state index in [0.29, 0.717) is 19.6 Å². The van der Waals surface area contributed by atoms with Crippen LogP contribution in [0.3, 0.4) is 0 Å². The second-order valence-corrected chi connectivity index (χ2v) is 5.86. The highest BCUT2D eigenvalue weighted by Gasteiger charge is 2.27. The van der Waals surface area contributed by atoms with Gasteiger partial charge >= 0.3 is 12.0 Å². The van der Waals surface area contributed by atoms with E-state index in [4.69, 9.17) is 9.84 Å². The van der Waals surface area contributed by atoms with Crippen molar-refractivity contribution in [2.75, 3.05) is 20.3 Å². The van der Waals surface area contributed by atoms with E-state index >= 15 is 0 Å². The zero-order valence-electron chi connectivity index (χ0n) is 13.9. The van der Waals surface area contributed by atoms with Gasteiger partial charge < -0.3 is 20.1 Å². The number of nitrogens with one attached hydrogen (secondary N) is 1. The van der Waals surface area contributed by atoms with Crippen LogP contribution in [0, 0.1) is 0 Å². The first-order chi connectivity index (χ1) is 9.77. The summed E-state index contributed by atoms with van der Waals surface area (Å²) in [6.45, 7) is 8.81. The van der Waals surface area contributed by atoms with Crippen LogP contribution in [-0.2, 0) is 9.53 Å². The first kappa shape index (κ1) is 19.7. The summed E-state index contributed by atoms with van der Waals surface area (Å²) in [6, 6.07) is 0.00608. The number of carbonyl (C=O) groups is 2. The predicted molar refractivity (Wildman–Crippen MR) is 82.4 cm³/mol. The Morgan fingerprint density at radius 2 is 1.86 bits per heavy atom. The highest BCUT2D eigenvalue weighted by molar-refractivity contribution is 5.75. The normalized spacial score (nSPS) is 11.5. The van der Waals surface area contributed by atoms with Gasteiger partial charge in [0.05, 0.1) is 6.61 Å². The van der Waals surface area contributed by atoms with Gasteiger partial charge in [0.2, 0.25) is 0 Å². The molecule has 0 radical (unpaired) electrons. The average Bonchev–Trinajstić information content (AvgIpc) is 2.40. The van der Waals surface area contributed by atoms with E-state index in [2.05, 4.69) is 19.2 Å². The lowest BCUT2D eigenvalue weighted by atomic mass is 9.98. The molecule has 0 spiro atoms. The molecule has 0 aliphatic rings. The maximum atomic E-state index is 12.5. The number of aliphatic carboxylic acids is 1. The number of ether oxygens (including phenoxy) is 1. The number of nitrogens with zero attached hydrogens (tertiary/aromatic N) is 1. The lowest BCUT2D eigenvalue weighted by molar-refractivity contribution is -0.137. The maximum absolute atomic E-state index is 12.5. The third kappa shape index (κ3) is 7.90. The zero-order chi connectivity index (χ0) is 16.5. The molecule has 0 aliphatic heterocycles. The number of urea groups is 1. The summed E-state index contributed by atoms with van der Waals surface area (Å²) >= 11 is 0. The minimum atomic E-state index is -0.853. The summed E-state index contributed by atoms with van der Waals surface area (Å²) in [7, 11) is 1.61. The van der Waals surface area contributed by atoms with Crippen LogP contribution in [-0.4, -0.2) is 53.8 Å². The van der Waals surface area contributed by atoms with Gasteiger partial charge in [-0.25, -0.2) is 4.79 Å². The Hall–Kier alpha value is -1.30. The van der Waals surface area contributed by atoms with Gasteiger partial charge in [0.15, 0.2) is 0 Å². The van der Waals surface area contributed by atoms with Crippen molar-refractivity contribution < 1.29 is 19.4 Å². The quantitative estimate of drug-likeness (QED) is 0.650. The number of carboxylic acids is 1. The molecule has 0 atom stereocenters. The van der Waals surface area contributed by atoms with Crippen molar-refractivity contribution in [1.82, 2.24) is 10.2 Å². The number of hydrogen-bond acceptors (Lipinski definition) is 3. The summed E-state index contributed by atoms with van der Waals surface area (Å²) in [4.78, 5) is 24.9. The van der Waals surface area contributed by atoms with Crippen molar-refractivity contribution in [3.63, 3.8) is 0 Å². The molecule has 0 unspecified atom stereocenters. The number of carbonyl (C=O) groups excluding carboxylic acids is 1. The molecule has 6 heteroatoms. The second-order valence-electron chi connectivity index (χ2n) is 5.86. The SMILES string of the molecule is CCC(CC)N(CCOC)C(=O)NC(C)(C)CCC(=O)O. The van der Waals surface area contributed by atoms with Gasteiger partial charge in [-0.3, -0.25) is 4.79 Å². The van der Waals surface area contributed by atoms with Crippen LogP contribution in [0.1, 0.15) is 53.4 Å². The van der Waals surface area contributed by atoms with Gasteiger partial charge in [-0.05, 0) is 33.1 Å². The van der Waals surface area contributed by atoms with E-state index in [0.717, 1.165) is 12.8 Å². The number of amides is 2. The monoisotopic (exact) mass is 302 g/mol. The van der Waals surface area contributed by atoms with E-state index < -0.39 is 11.5 Å². The Bertz CT molecular complexity index is 328. The molecule has 0 saturated heterocycles. The van der Waals surface area contributed by atoms with Gasteiger partial charge in [-0.2, -0.15) is 0 Å². The molecular formula is C15H30N2O4. The average molecular weight is 302 g/mol. The number of rotatable bonds is 10. The summed E-state index contributed by atoms with van der Waals surface area (Å²) in [5.74, 6) is -0.853. The molecule has 0 aliphatic carbocycles. The smallest absolute Gasteiger partial charge is 0.318 e. The summed E-state index contributed by atoms with van der Waals surface area (Å²) in [5, 5.41) is 11.7. The van der Waals surface area contributed by atoms with Crippen LogP contribution >= 0.6 is 0 Å². The van der Waals surface area contributed by atoms with Gasteiger partial charge in [0.25, 0.3) is 0 Å². The molecule has 0 rings (SSSR count). The van der Waals surface area contributed by atoms with Crippen molar-refractivity contribution in [3.8, 4) is 0 Å². The molecular weight excluding hydrogens is 272 g/mol. The van der Waals surface area contributed by atoms with Gasteiger partial charge in [0.1, 0.15) is 0 Å². The molecule has 0 saturated carbocycles. The lowest BCUT2D eigenvalue weighted by Gasteiger charge is -2.35. The number of hydrogen-bond donors (Lipinski definition) is 2. The van der Waals surface area contributed by atoms with Crippen LogP contribution in [0.25, 0.3) is 0 Å². The van der Waals surface area contributed by atoms with Crippen LogP contribution in [0.5, 0.6) is 0 Å². The molecule has 124 valence electrons. The molecule has 0 aromatic carbocycles. The molecule has 2 N–H and O–H groups in total. The molecule has 0 fully saturated rings. The highest BCUT2D eigenvalue weighted by atomic mass is 16.5. The Kier molecular flexibility index (Phi) is 9.01. The lowest BCUT2D eigenvalue weighted by Crippen LogP contribution is -2.53. The van der Waals surface area contributed by atoms with Crippen molar-refractivity contribution in [3.05, 3.63) is 0 Å². The molecule has 0 heterocycles. The van der Waals surface area contributed by atoms with Crippen LogP contribution in [0.15, 0.2) is 0 Å². The fourth-order valence-electron chi connectivity index (χ4n) is 2.21. The Morgan fingerprint density at radius 1 is 1.29 bits per heavy atom. The molecule has 0 bridgehead atoms. The van der Waals surface area contributed by atoms with Crippen molar-refractivity contribution in [2.45, 2.75) is 65.0 Å². The molecule has 6 nitrogen and oxygen atoms in total. The van der Waals surface area contributed by atoms with Gasteiger partial charge in [-0.15, -0.1) is 0 Å². The second kappa shape index (κ2) is 9.60. The molecule has 21 heavy (non-hydrogen) atoms. The largest absolute Gasteiger partial charge is 0.481 e. The van der Waals surface area contributed by atoms with Crippen molar-refractivity contribution in [1.29, 1.82) is 0 Å². The number of carboxylic acid groups (broad SMARTS) is 1. The van der Waals surface area contributed by atoms with Gasteiger partial charge in [0, 0.05) is 31.7 Å². The van der Waals surface area contributed by atoms with E-state index in [9.17, 15) is 9.59 Å². The minimum Gasteiger partial charge on any atom is -0.481 e. The fraction of sp³-hybridized carbons (Fsp3) is 0.867. The Labute approximate surface area is 127 Å². The van der Waals surface area contributed by atoms with Crippen LogP contribution in [0.4, 0.5) is 4.79 Å². The first-order valence-corrected chi connectivity index (χ1v) is 7.56. The van der Waals surface area contributed by atoms with Crippen LogP contribution < -0.4 is 5.32 Å². The Morgan fingerprint density at radius 3 is 2.29 bits per heavy atom. The zero-order valence-corrected chi connectivity index (χ0v) is 13.9. The van der Waals surface area contributed by atoms with E-state index in [1.807, 2.05) is 13.8 Å². The molecule has 2 amide bonds. The predicted octanol–water partition coefficient (Wildman–Crippen LogP) is 2.48. The van der Waals surface area contributed by atoms with Crippen LogP contribution in [0.2, 0.25) is 0 Å². The topological polar surface area (TPSA) is 78.9 Å². The van der Waals surface area contributed by atoms with E-state index in [1.165, 1.54) is 0 Å². The first-order valence-electron chi connectivity index (χ1n) is 7.56. The van der Waals surface area contributed by atoms with E-state index in [-0.39, 0.29) is 18.5 Å². The van der Waals surface area contributed by atoms with E-state index in [1.54, 1.807) is 12.0 Å². The number of methoxy groups -OCH3 is 1. The van der Waals surface area contributed by atoms with Crippen molar-refractivity contribution >= 4 is 12.0 Å². The minimum absolute atomic E-state index is 0.0380. The molecule has 0 aromatic heterocycles. The third-order valence-electron chi connectivity index (χ3n) is 3.59. The third-order valence-corrected chi connectivity index (χ3v) is 3.59. The maximum Gasteiger partial charge on any atom is 0.318 e. The fourth-order valence-corrected chi connectivity index (χ4v) is 2.21. The van der Waals surface area contributed by atoms with Gasteiger partial charge in [-0.1, -0.05) is 13.8 Å². The molecule has 0 aromatic rings. The van der Waals surface area contributed by atoms with Crippen molar-refractivity contribution in [2.24, 2.45) is 0 Å². The standard InChI is InChI=1S/C15H30N2O4/c1-6-12(7-2)17(10-11-21-5)14(20)16-15(3,4)9-8-13(18)19/h12H,6-11H2,1-5H3,(H,16,20)(H,18,19). The summed E-state index contributed by atoms with van der Waals surface area (Å²) in [5.41, 5.74) is -0.549.